The van der Waals surface area contributed by atoms with E-state index in [1.54, 1.807) is 0 Å². The van der Waals surface area contributed by atoms with Crippen LogP contribution in [0.2, 0.25) is 0 Å². The Balaban J connectivity index is 3.06. The summed E-state index contributed by atoms with van der Waals surface area (Å²) in [6, 6.07) is 0. The van der Waals surface area contributed by atoms with E-state index >= 15 is 0 Å². The molecule has 1 fully saturated rings. The minimum atomic E-state index is -1.10. The first-order chi connectivity index (χ1) is 8.35. The minimum absolute atomic E-state index is 0.108. The molecule has 0 bridgehead atoms. The fourth-order valence-electron chi connectivity index (χ4n) is 2.68. The zero-order valence-corrected chi connectivity index (χ0v) is 11.6. The molecular formula is C13H23NO4. The second-order valence-corrected chi connectivity index (χ2v) is 5.21. The molecule has 1 aliphatic rings. The van der Waals surface area contributed by atoms with E-state index in [4.69, 9.17) is 4.74 Å². The molecule has 2 atom stereocenters. The molecule has 0 aromatic heterocycles. The van der Waals surface area contributed by atoms with E-state index in [1.165, 1.54) is 11.8 Å². The SMILES string of the molecule is CCN(C(C)=O)C1(C(=O)O)CCOC(C(C)C)C1. The smallest absolute Gasteiger partial charge is 0.329 e. The topological polar surface area (TPSA) is 66.8 Å². The summed E-state index contributed by atoms with van der Waals surface area (Å²) in [5.41, 5.74) is -1.10. The first kappa shape index (κ1) is 15.0. The molecule has 0 aromatic carbocycles. The average Bonchev–Trinajstić information content (AvgIpc) is 2.29. The van der Waals surface area contributed by atoms with Crippen molar-refractivity contribution in [3.8, 4) is 0 Å². The highest BCUT2D eigenvalue weighted by Gasteiger charge is 2.49. The molecule has 1 rings (SSSR count). The molecule has 2 unspecified atom stereocenters. The minimum Gasteiger partial charge on any atom is -0.479 e. The van der Waals surface area contributed by atoms with E-state index in [2.05, 4.69) is 0 Å². The molecule has 5 nitrogen and oxygen atoms in total. The highest BCUT2D eigenvalue weighted by molar-refractivity contribution is 5.86. The molecule has 1 heterocycles. The maximum Gasteiger partial charge on any atom is 0.329 e. The van der Waals surface area contributed by atoms with Crippen LogP contribution in [0.25, 0.3) is 0 Å². The summed E-state index contributed by atoms with van der Waals surface area (Å²) in [5, 5.41) is 9.59. The van der Waals surface area contributed by atoms with Gasteiger partial charge in [0, 0.05) is 32.9 Å². The van der Waals surface area contributed by atoms with Crippen molar-refractivity contribution in [1.29, 1.82) is 0 Å². The van der Waals surface area contributed by atoms with Gasteiger partial charge in [-0.1, -0.05) is 13.8 Å². The van der Waals surface area contributed by atoms with Crippen molar-refractivity contribution in [2.75, 3.05) is 13.2 Å². The van der Waals surface area contributed by atoms with Crippen LogP contribution in [0.4, 0.5) is 0 Å². The van der Waals surface area contributed by atoms with Gasteiger partial charge in [0.2, 0.25) is 5.91 Å². The summed E-state index contributed by atoms with van der Waals surface area (Å²) in [6.45, 7) is 8.05. The number of carbonyl (C=O) groups excluding carboxylic acids is 1. The Morgan fingerprint density at radius 2 is 2.11 bits per heavy atom. The lowest BCUT2D eigenvalue weighted by atomic mass is 9.81. The molecule has 1 aliphatic heterocycles. The average molecular weight is 257 g/mol. The monoisotopic (exact) mass is 257 g/mol. The highest BCUT2D eigenvalue weighted by atomic mass is 16.5. The van der Waals surface area contributed by atoms with Gasteiger partial charge in [0.25, 0.3) is 0 Å². The number of hydrogen-bond donors (Lipinski definition) is 1. The van der Waals surface area contributed by atoms with Crippen LogP contribution in [0.3, 0.4) is 0 Å². The third-order valence-electron chi connectivity index (χ3n) is 3.74. The van der Waals surface area contributed by atoms with Crippen LogP contribution in [0.15, 0.2) is 0 Å². The maximum absolute atomic E-state index is 11.7. The predicted molar refractivity (Wildman–Crippen MR) is 67.2 cm³/mol. The van der Waals surface area contributed by atoms with E-state index in [0.29, 0.717) is 26.0 Å². The highest BCUT2D eigenvalue weighted by Crippen LogP contribution is 2.34. The summed E-state index contributed by atoms with van der Waals surface area (Å²) in [4.78, 5) is 24.8. The molecule has 0 radical (unpaired) electrons. The van der Waals surface area contributed by atoms with Crippen molar-refractivity contribution in [1.82, 2.24) is 4.90 Å². The summed E-state index contributed by atoms with van der Waals surface area (Å²) >= 11 is 0. The molecule has 0 saturated carbocycles. The van der Waals surface area contributed by atoms with E-state index in [1.807, 2.05) is 20.8 Å². The number of amides is 1. The number of likely N-dealkylation sites (N-methyl/N-ethyl adjacent to an activating group) is 1. The Labute approximate surface area is 108 Å². The van der Waals surface area contributed by atoms with E-state index < -0.39 is 11.5 Å². The summed E-state index contributed by atoms with van der Waals surface area (Å²) < 4.78 is 5.62. The van der Waals surface area contributed by atoms with Crippen molar-refractivity contribution in [2.24, 2.45) is 5.92 Å². The van der Waals surface area contributed by atoms with Crippen LogP contribution in [-0.4, -0.2) is 46.7 Å². The van der Waals surface area contributed by atoms with Gasteiger partial charge in [0.1, 0.15) is 5.54 Å². The molecule has 1 N–H and O–H groups in total. The van der Waals surface area contributed by atoms with Gasteiger partial charge in [-0.3, -0.25) is 4.79 Å². The molecule has 1 amide bonds. The Morgan fingerprint density at radius 3 is 2.50 bits per heavy atom. The lowest BCUT2D eigenvalue weighted by Gasteiger charge is -2.45. The lowest BCUT2D eigenvalue weighted by Crippen LogP contribution is -2.61. The number of carboxylic acids is 1. The van der Waals surface area contributed by atoms with Gasteiger partial charge in [-0.2, -0.15) is 0 Å². The van der Waals surface area contributed by atoms with E-state index in [-0.39, 0.29) is 17.9 Å². The fourth-order valence-corrected chi connectivity index (χ4v) is 2.68. The Morgan fingerprint density at radius 1 is 1.50 bits per heavy atom. The quantitative estimate of drug-likeness (QED) is 0.829. The Bertz CT molecular complexity index is 329. The van der Waals surface area contributed by atoms with E-state index in [9.17, 15) is 14.7 Å². The fraction of sp³-hybridized carbons (Fsp3) is 0.846. The number of rotatable bonds is 4. The number of nitrogens with zero attached hydrogens (tertiary/aromatic N) is 1. The summed E-state index contributed by atoms with van der Waals surface area (Å²) in [6.07, 6.45) is 0.620. The third-order valence-corrected chi connectivity index (χ3v) is 3.74. The van der Waals surface area contributed by atoms with E-state index in [0.717, 1.165) is 0 Å². The van der Waals surface area contributed by atoms with Crippen LogP contribution in [0.5, 0.6) is 0 Å². The maximum atomic E-state index is 11.7. The standard InChI is InChI=1S/C13H23NO4/c1-5-14(10(4)15)13(12(16)17)6-7-18-11(8-13)9(2)3/h9,11H,5-8H2,1-4H3,(H,16,17). The number of ether oxygens (including phenoxy) is 1. The van der Waals surface area contributed by atoms with Crippen molar-refractivity contribution in [3.05, 3.63) is 0 Å². The molecule has 104 valence electrons. The van der Waals surface area contributed by atoms with Gasteiger partial charge in [-0.25, -0.2) is 4.79 Å². The molecule has 5 heteroatoms. The largest absolute Gasteiger partial charge is 0.479 e. The molecule has 18 heavy (non-hydrogen) atoms. The van der Waals surface area contributed by atoms with Crippen molar-refractivity contribution >= 4 is 11.9 Å². The normalized spacial score (nSPS) is 28.2. The van der Waals surface area contributed by atoms with Crippen molar-refractivity contribution in [2.45, 2.75) is 52.2 Å². The first-order valence-electron chi connectivity index (χ1n) is 6.48. The zero-order chi connectivity index (χ0) is 13.9. The van der Waals surface area contributed by atoms with Crippen LogP contribution in [0, 0.1) is 5.92 Å². The summed E-state index contributed by atoms with van der Waals surface area (Å²) in [5.74, 6) is -0.868. The van der Waals surface area contributed by atoms with Gasteiger partial charge in [0.05, 0.1) is 6.10 Å². The third kappa shape index (κ3) is 2.66. The van der Waals surface area contributed by atoms with Gasteiger partial charge in [0.15, 0.2) is 0 Å². The Kier molecular flexibility index (Phi) is 4.73. The first-order valence-corrected chi connectivity index (χ1v) is 6.48. The van der Waals surface area contributed by atoms with Gasteiger partial charge in [-0.15, -0.1) is 0 Å². The van der Waals surface area contributed by atoms with Gasteiger partial charge >= 0.3 is 5.97 Å². The van der Waals surface area contributed by atoms with Crippen molar-refractivity contribution in [3.63, 3.8) is 0 Å². The molecule has 0 spiro atoms. The van der Waals surface area contributed by atoms with Crippen LogP contribution in [-0.2, 0) is 14.3 Å². The number of carbonyl (C=O) groups is 2. The number of aliphatic carboxylic acids is 1. The summed E-state index contributed by atoms with van der Waals surface area (Å²) in [7, 11) is 0. The second-order valence-electron chi connectivity index (χ2n) is 5.21. The number of carboxylic acid groups (broad SMARTS) is 1. The molecular weight excluding hydrogens is 234 g/mol. The second kappa shape index (κ2) is 5.69. The van der Waals surface area contributed by atoms with Crippen LogP contribution >= 0.6 is 0 Å². The van der Waals surface area contributed by atoms with Crippen LogP contribution < -0.4 is 0 Å². The predicted octanol–water partition coefficient (Wildman–Crippen LogP) is 1.51. The molecule has 0 aromatic rings. The lowest BCUT2D eigenvalue weighted by molar-refractivity contribution is -0.171. The van der Waals surface area contributed by atoms with Crippen LogP contribution in [0.1, 0.15) is 40.5 Å². The zero-order valence-electron chi connectivity index (χ0n) is 11.6. The molecule has 1 saturated heterocycles. The van der Waals surface area contributed by atoms with Crippen molar-refractivity contribution < 1.29 is 19.4 Å². The number of hydrogen-bond acceptors (Lipinski definition) is 3. The molecule has 0 aliphatic carbocycles. The van der Waals surface area contributed by atoms with Gasteiger partial charge in [-0.05, 0) is 12.8 Å². The Hall–Kier alpha value is -1.10. The van der Waals surface area contributed by atoms with Gasteiger partial charge < -0.3 is 14.7 Å².